The highest BCUT2D eigenvalue weighted by atomic mass is 16.2. The monoisotopic (exact) mass is 407 g/mol. The number of guanidine groups is 1. The third-order valence-corrected chi connectivity index (χ3v) is 4.83. The molecule has 1 aliphatic rings. The van der Waals surface area contributed by atoms with Crippen LogP contribution in [0.5, 0.6) is 0 Å². The van der Waals surface area contributed by atoms with Crippen LogP contribution in [0.25, 0.3) is 0 Å². The van der Waals surface area contributed by atoms with E-state index in [-0.39, 0.29) is 18.4 Å². The Morgan fingerprint density at radius 3 is 2.43 bits per heavy atom. The SMILES string of the molecule is CCNC(=NCc1ccc(N2CCCC2=O)cc1)NCC(=O)NCc1ccccc1. The van der Waals surface area contributed by atoms with Crippen molar-refractivity contribution in [3.8, 4) is 0 Å². The molecule has 0 aliphatic carbocycles. The van der Waals surface area contributed by atoms with Crippen LogP contribution in [0.1, 0.15) is 30.9 Å². The van der Waals surface area contributed by atoms with Crippen molar-refractivity contribution in [3.05, 3.63) is 65.7 Å². The predicted molar refractivity (Wildman–Crippen MR) is 119 cm³/mol. The fourth-order valence-corrected chi connectivity index (χ4v) is 3.24. The number of amides is 2. The van der Waals surface area contributed by atoms with Gasteiger partial charge in [-0.25, -0.2) is 4.99 Å². The Balaban J connectivity index is 1.48. The van der Waals surface area contributed by atoms with Gasteiger partial charge in [0, 0.05) is 31.7 Å². The van der Waals surface area contributed by atoms with Gasteiger partial charge in [-0.15, -0.1) is 0 Å². The second-order valence-electron chi connectivity index (χ2n) is 7.13. The van der Waals surface area contributed by atoms with Crippen molar-refractivity contribution in [1.82, 2.24) is 16.0 Å². The number of nitrogens with one attached hydrogen (secondary N) is 3. The second-order valence-corrected chi connectivity index (χ2v) is 7.13. The van der Waals surface area contributed by atoms with Crippen molar-refractivity contribution in [1.29, 1.82) is 0 Å². The Hall–Kier alpha value is -3.35. The smallest absolute Gasteiger partial charge is 0.239 e. The van der Waals surface area contributed by atoms with E-state index in [0.29, 0.717) is 32.0 Å². The lowest BCUT2D eigenvalue weighted by atomic mass is 10.2. The maximum absolute atomic E-state index is 12.1. The van der Waals surface area contributed by atoms with E-state index in [1.807, 2.05) is 66.4 Å². The molecule has 1 aliphatic heterocycles. The quantitative estimate of drug-likeness (QED) is 0.463. The maximum Gasteiger partial charge on any atom is 0.239 e. The third kappa shape index (κ3) is 6.34. The largest absolute Gasteiger partial charge is 0.357 e. The number of anilines is 1. The summed E-state index contributed by atoms with van der Waals surface area (Å²) >= 11 is 0. The summed E-state index contributed by atoms with van der Waals surface area (Å²) in [4.78, 5) is 30.3. The van der Waals surface area contributed by atoms with Crippen LogP contribution in [-0.2, 0) is 22.7 Å². The van der Waals surface area contributed by atoms with E-state index in [4.69, 9.17) is 0 Å². The van der Waals surface area contributed by atoms with Gasteiger partial charge in [-0.2, -0.15) is 0 Å². The Morgan fingerprint density at radius 2 is 1.77 bits per heavy atom. The van der Waals surface area contributed by atoms with Gasteiger partial charge in [0.05, 0.1) is 13.1 Å². The first-order chi connectivity index (χ1) is 14.7. The molecule has 0 unspecified atom stereocenters. The average molecular weight is 408 g/mol. The Kier molecular flexibility index (Phi) is 7.83. The Labute approximate surface area is 177 Å². The molecule has 0 radical (unpaired) electrons. The number of aliphatic imine (C=N–C) groups is 1. The predicted octanol–water partition coefficient (Wildman–Crippen LogP) is 2.18. The molecule has 0 atom stereocenters. The van der Waals surface area contributed by atoms with Gasteiger partial charge in [0.15, 0.2) is 5.96 Å². The van der Waals surface area contributed by atoms with Gasteiger partial charge in [-0.05, 0) is 36.6 Å². The standard InChI is InChI=1S/C23H29N5O2/c1-2-24-23(27-17-21(29)25-15-18-7-4-3-5-8-18)26-16-19-10-12-20(13-11-19)28-14-6-9-22(28)30/h3-5,7-8,10-13H,2,6,9,14-17H2,1H3,(H,25,29)(H2,24,26,27). The Bertz CT molecular complexity index is 865. The molecule has 2 aromatic carbocycles. The fraction of sp³-hybridized carbons (Fsp3) is 0.348. The number of carbonyl (C=O) groups excluding carboxylic acids is 2. The van der Waals surface area contributed by atoms with Gasteiger partial charge >= 0.3 is 0 Å². The summed E-state index contributed by atoms with van der Waals surface area (Å²) in [7, 11) is 0. The van der Waals surface area contributed by atoms with Crippen molar-refractivity contribution in [2.24, 2.45) is 4.99 Å². The van der Waals surface area contributed by atoms with Crippen LogP contribution in [0, 0.1) is 0 Å². The third-order valence-electron chi connectivity index (χ3n) is 4.83. The number of hydrogen-bond donors (Lipinski definition) is 3. The number of rotatable bonds is 8. The maximum atomic E-state index is 12.1. The van der Waals surface area contributed by atoms with Crippen LogP contribution < -0.4 is 20.9 Å². The Morgan fingerprint density at radius 1 is 1.00 bits per heavy atom. The molecule has 2 amide bonds. The molecular formula is C23H29N5O2. The molecular weight excluding hydrogens is 378 g/mol. The van der Waals surface area contributed by atoms with Crippen LogP contribution in [-0.4, -0.2) is 37.4 Å². The number of benzene rings is 2. The highest BCUT2D eigenvalue weighted by Crippen LogP contribution is 2.21. The van der Waals surface area contributed by atoms with Gasteiger partial charge in [0.25, 0.3) is 0 Å². The molecule has 1 saturated heterocycles. The first-order valence-electron chi connectivity index (χ1n) is 10.4. The number of carbonyl (C=O) groups is 2. The molecule has 158 valence electrons. The molecule has 0 spiro atoms. The minimum atomic E-state index is -0.0934. The highest BCUT2D eigenvalue weighted by molar-refractivity contribution is 5.95. The molecule has 3 N–H and O–H groups in total. The van der Waals surface area contributed by atoms with Gasteiger partial charge in [0.2, 0.25) is 11.8 Å². The van der Waals surface area contributed by atoms with Gasteiger partial charge in [0.1, 0.15) is 0 Å². The van der Waals surface area contributed by atoms with E-state index in [1.165, 1.54) is 0 Å². The van der Waals surface area contributed by atoms with Crippen LogP contribution in [0.2, 0.25) is 0 Å². The molecule has 0 saturated carbocycles. The van der Waals surface area contributed by atoms with E-state index in [9.17, 15) is 9.59 Å². The summed E-state index contributed by atoms with van der Waals surface area (Å²) in [5.74, 6) is 0.681. The van der Waals surface area contributed by atoms with Crippen molar-refractivity contribution < 1.29 is 9.59 Å². The average Bonchev–Trinajstić information content (AvgIpc) is 3.21. The topological polar surface area (TPSA) is 85.8 Å². The number of nitrogens with zero attached hydrogens (tertiary/aromatic N) is 2. The molecule has 2 aromatic rings. The van der Waals surface area contributed by atoms with Gasteiger partial charge in [-0.3, -0.25) is 9.59 Å². The van der Waals surface area contributed by atoms with Crippen LogP contribution >= 0.6 is 0 Å². The summed E-state index contributed by atoms with van der Waals surface area (Å²) in [6, 6.07) is 17.7. The zero-order chi connectivity index (χ0) is 21.2. The lowest BCUT2D eigenvalue weighted by molar-refractivity contribution is -0.120. The van der Waals surface area contributed by atoms with Crippen molar-refractivity contribution >= 4 is 23.5 Å². The summed E-state index contributed by atoms with van der Waals surface area (Å²) in [5.41, 5.74) is 3.03. The molecule has 1 fully saturated rings. The van der Waals surface area contributed by atoms with Crippen molar-refractivity contribution in [3.63, 3.8) is 0 Å². The van der Waals surface area contributed by atoms with E-state index >= 15 is 0 Å². The normalized spacial score (nSPS) is 14.0. The lowest BCUT2D eigenvalue weighted by Gasteiger charge is -2.16. The first kappa shape index (κ1) is 21.4. The van der Waals surface area contributed by atoms with E-state index in [0.717, 1.165) is 29.8 Å². The van der Waals surface area contributed by atoms with Crippen molar-refractivity contribution in [2.45, 2.75) is 32.9 Å². The highest BCUT2D eigenvalue weighted by Gasteiger charge is 2.21. The van der Waals surface area contributed by atoms with Crippen molar-refractivity contribution in [2.75, 3.05) is 24.5 Å². The summed E-state index contributed by atoms with van der Waals surface area (Å²) in [5, 5.41) is 9.10. The van der Waals surface area contributed by atoms with E-state index in [2.05, 4.69) is 20.9 Å². The minimum Gasteiger partial charge on any atom is -0.357 e. The first-order valence-corrected chi connectivity index (χ1v) is 10.4. The summed E-state index contributed by atoms with van der Waals surface area (Å²) in [6.45, 7) is 4.60. The van der Waals surface area contributed by atoms with Gasteiger partial charge < -0.3 is 20.9 Å². The fourth-order valence-electron chi connectivity index (χ4n) is 3.24. The number of hydrogen-bond acceptors (Lipinski definition) is 3. The summed E-state index contributed by atoms with van der Waals surface area (Å²) in [6.07, 6.45) is 1.55. The minimum absolute atomic E-state index is 0.0934. The second kappa shape index (κ2) is 11.0. The lowest BCUT2D eigenvalue weighted by Crippen LogP contribution is -2.43. The van der Waals surface area contributed by atoms with E-state index in [1.54, 1.807) is 0 Å². The van der Waals surface area contributed by atoms with Crippen LogP contribution in [0.4, 0.5) is 5.69 Å². The van der Waals surface area contributed by atoms with E-state index < -0.39 is 0 Å². The molecule has 1 heterocycles. The molecule has 0 aromatic heterocycles. The summed E-state index contributed by atoms with van der Waals surface area (Å²) < 4.78 is 0. The van der Waals surface area contributed by atoms with Gasteiger partial charge in [-0.1, -0.05) is 42.5 Å². The molecule has 30 heavy (non-hydrogen) atoms. The van der Waals surface area contributed by atoms with Crippen LogP contribution in [0.3, 0.4) is 0 Å². The molecule has 7 nitrogen and oxygen atoms in total. The molecule has 3 rings (SSSR count). The zero-order valence-corrected chi connectivity index (χ0v) is 17.4. The molecule has 7 heteroatoms. The molecule has 0 bridgehead atoms. The zero-order valence-electron chi connectivity index (χ0n) is 17.4. The van der Waals surface area contributed by atoms with Crippen LogP contribution in [0.15, 0.2) is 59.6 Å².